The quantitative estimate of drug-likeness (QED) is 0.230. The number of phenols is 3. The molecule has 0 spiro atoms. The van der Waals surface area contributed by atoms with E-state index in [0.29, 0.717) is 37.7 Å². The number of benzene rings is 1. The molecule has 0 fully saturated rings. The minimum atomic E-state index is -0.832. The van der Waals surface area contributed by atoms with E-state index in [2.05, 4.69) is 5.32 Å². The molecule has 35 heavy (non-hydrogen) atoms. The number of hydrogen-bond donors (Lipinski definition) is 5. The Hall–Kier alpha value is -3.20. The maximum Gasteiger partial charge on any atom is 0.405 e. The summed E-state index contributed by atoms with van der Waals surface area (Å²) in [4.78, 5) is 24.2. The van der Waals surface area contributed by atoms with Crippen LogP contribution in [0.25, 0.3) is 0 Å². The lowest BCUT2D eigenvalue weighted by molar-refractivity contribution is -0.112. The zero-order valence-electron chi connectivity index (χ0n) is 21.0. The van der Waals surface area contributed by atoms with Crippen molar-refractivity contribution in [1.82, 2.24) is 0 Å². The molecular weight excluding hydrogens is 452 g/mol. The second-order valence-corrected chi connectivity index (χ2v) is 9.15. The summed E-state index contributed by atoms with van der Waals surface area (Å²) in [7, 11) is 1.63. The van der Waals surface area contributed by atoms with Crippen molar-refractivity contribution >= 4 is 17.7 Å². The Morgan fingerprint density at radius 3 is 2.43 bits per heavy atom. The fourth-order valence-corrected chi connectivity index (χ4v) is 4.35. The highest BCUT2D eigenvalue weighted by atomic mass is 16.6. The second-order valence-electron chi connectivity index (χ2n) is 9.15. The van der Waals surface area contributed by atoms with Crippen LogP contribution in [-0.4, -0.2) is 46.6 Å². The molecule has 2 bridgehead atoms. The molecule has 9 heteroatoms. The van der Waals surface area contributed by atoms with Crippen LogP contribution in [0.2, 0.25) is 0 Å². The number of nitrogens with one attached hydrogen (secondary N) is 1. The Bertz CT molecular complexity index is 971. The zero-order valence-corrected chi connectivity index (χ0v) is 21.0. The summed E-state index contributed by atoms with van der Waals surface area (Å²) in [6.45, 7) is 5.52. The molecule has 6 N–H and O–H groups in total. The van der Waals surface area contributed by atoms with Crippen LogP contribution >= 0.6 is 0 Å². The van der Waals surface area contributed by atoms with Crippen molar-refractivity contribution in [2.24, 2.45) is 11.7 Å². The van der Waals surface area contributed by atoms with Gasteiger partial charge in [-0.25, -0.2) is 4.79 Å². The van der Waals surface area contributed by atoms with Gasteiger partial charge >= 0.3 is 6.09 Å². The highest BCUT2D eigenvalue weighted by molar-refractivity contribution is 6.04. The van der Waals surface area contributed by atoms with Gasteiger partial charge in [0.05, 0.1) is 11.8 Å². The molecule has 3 atom stereocenters. The lowest BCUT2D eigenvalue weighted by atomic mass is 9.92. The fraction of sp³-hybridized carbons (Fsp3) is 0.538. The van der Waals surface area contributed by atoms with Crippen molar-refractivity contribution in [2.45, 2.75) is 77.9 Å². The van der Waals surface area contributed by atoms with Crippen molar-refractivity contribution < 1.29 is 34.4 Å². The van der Waals surface area contributed by atoms with Gasteiger partial charge in [-0.15, -0.1) is 0 Å². The smallest absolute Gasteiger partial charge is 0.405 e. The molecule has 1 heterocycles. The van der Waals surface area contributed by atoms with Crippen LogP contribution in [0, 0.1) is 5.92 Å². The molecule has 0 aromatic heterocycles. The number of rotatable bonds is 2. The summed E-state index contributed by atoms with van der Waals surface area (Å²) in [6, 6.07) is 1.13. The summed E-state index contributed by atoms with van der Waals surface area (Å²) in [5.74, 6) is -1.57. The van der Waals surface area contributed by atoms with Crippen LogP contribution in [0.3, 0.4) is 0 Å². The molecule has 1 aliphatic heterocycles. The molecule has 1 aromatic carbocycles. The first kappa shape index (κ1) is 28.0. The van der Waals surface area contributed by atoms with Gasteiger partial charge in [0.1, 0.15) is 11.9 Å². The summed E-state index contributed by atoms with van der Waals surface area (Å²) >= 11 is 0. The SMILES string of the molecule is COC1CC/C=C(\C)[C@H](OC(N)=O)C(C)CC/C=C(\C)C(=O)Nc2cc(O)c(O)c(c2O)CCC1. The van der Waals surface area contributed by atoms with Gasteiger partial charge < -0.3 is 35.8 Å². The number of ether oxygens (including phenoxy) is 2. The van der Waals surface area contributed by atoms with Gasteiger partial charge in [0.2, 0.25) is 0 Å². The van der Waals surface area contributed by atoms with E-state index in [0.717, 1.165) is 18.1 Å². The summed E-state index contributed by atoms with van der Waals surface area (Å²) < 4.78 is 11.0. The molecule has 2 unspecified atom stereocenters. The number of fused-ring (bicyclic) bond motifs is 2. The predicted molar refractivity (Wildman–Crippen MR) is 133 cm³/mol. The lowest BCUT2D eigenvalue weighted by Gasteiger charge is -2.24. The number of nitrogens with two attached hydrogens (primary N) is 1. The molecule has 2 amide bonds. The van der Waals surface area contributed by atoms with Gasteiger partial charge in [-0.05, 0) is 70.3 Å². The van der Waals surface area contributed by atoms with Crippen LogP contribution in [0.15, 0.2) is 29.4 Å². The van der Waals surface area contributed by atoms with Gasteiger partial charge in [0.25, 0.3) is 5.91 Å². The number of carbonyl (C=O) groups excluding carboxylic acids is 2. The molecular formula is C26H38N2O7. The monoisotopic (exact) mass is 490 g/mol. The van der Waals surface area contributed by atoms with Gasteiger partial charge in [-0.2, -0.15) is 0 Å². The van der Waals surface area contributed by atoms with E-state index in [4.69, 9.17) is 15.2 Å². The minimum absolute atomic E-state index is 0.0253. The third-order valence-electron chi connectivity index (χ3n) is 6.48. The second kappa shape index (κ2) is 13.0. The molecule has 0 radical (unpaired) electrons. The first-order valence-electron chi connectivity index (χ1n) is 12.0. The van der Waals surface area contributed by atoms with Gasteiger partial charge in [-0.1, -0.05) is 19.1 Å². The number of anilines is 1. The number of phenolic OH excluding ortho intramolecular Hbond substituents is 3. The van der Waals surface area contributed by atoms with Crippen molar-refractivity contribution in [3.05, 3.63) is 34.9 Å². The molecule has 0 aliphatic carbocycles. The van der Waals surface area contributed by atoms with Gasteiger partial charge in [0, 0.05) is 24.3 Å². The van der Waals surface area contributed by atoms with E-state index in [1.54, 1.807) is 20.1 Å². The van der Waals surface area contributed by atoms with E-state index in [-0.39, 0.29) is 35.4 Å². The van der Waals surface area contributed by atoms with Gasteiger partial charge in [0.15, 0.2) is 11.5 Å². The molecule has 1 aromatic rings. The summed E-state index contributed by atoms with van der Waals surface area (Å²) in [5, 5.41) is 33.7. The van der Waals surface area contributed by atoms with Crippen LogP contribution in [-0.2, 0) is 20.7 Å². The first-order chi connectivity index (χ1) is 16.5. The number of allylic oxidation sites excluding steroid dienone is 2. The summed E-state index contributed by atoms with van der Waals surface area (Å²) in [6.07, 6.45) is 6.56. The topological polar surface area (TPSA) is 151 Å². The Kier molecular flexibility index (Phi) is 10.4. The van der Waals surface area contributed by atoms with E-state index in [1.807, 2.05) is 19.9 Å². The van der Waals surface area contributed by atoms with Crippen molar-refractivity contribution in [1.29, 1.82) is 0 Å². The summed E-state index contributed by atoms with van der Waals surface area (Å²) in [5.41, 5.74) is 6.84. The zero-order chi connectivity index (χ0) is 26.1. The highest BCUT2D eigenvalue weighted by Gasteiger charge is 2.23. The van der Waals surface area contributed by atoms with Crippen LogP contribution in [0.1, 0.15) is 64.9 Å². The molecule has 194 valence electrons. The lowest BCUT2D eigenvalue weighted by Crippen LogP contribution is -2.29. The van der Waals surface area contributed by atoms with Crippen LogP contribution in [0.5, 0.6) is 17.2 Å². The number of carbonyl (C=O) groups is 2. The average molecular weight is 491 g/mol. The maximum absolute atomic E-state index is 12.7. The first-order valence-corrected chi connectivity index (χ1v) is 12.0. The maximum atomic E-state index is 12.7. The van der Waals surface area contributed by atoms with Crippen molar-refractivity contribution in [3.8, 4) is 17.2 Å². The Morgan fingerprint density at radius 2 is 1.77 bits per heavy atom. The Morgan fingerprint density at radius 1 is 1.09 bits per heavy atom. The van der Waals surface area contributed by atoms with Gasteiger partial charge in [-0.3, -0.25) is 4.79 Å². The van der Waals surface area contributed by atoms with Crippen LogP contribution in [0.4, 0.5) is 10.5 Å². The van der Waals surface area contributed by atoms with E-state index in [9.17, 15) is 24.9 Å². The van der Waals surface area contributed by atoms with Crippen molar-refractivity contribution in [3.63, 3.8) is 0 Å². The molecule has 2 rings (SSSR count). The number of hydrogen-bond acceptors (Lipinski definition) is 7. The minimum Gasteiger partial charge on any atom is -0.505 e. The predicted octanol–water partition coefficient (Wildman–Crippen LogP) is 4.65. The van der Waals surface area contributed by atoms with Crippen LogP contribution < -0.4 is 11.1 Å². The third-order valence-corrected chi connectivity index (χ3v) is 6.48. The van der Waals surface area contributed by atoms with E-state index in [1.165, 1.54) is 0 Å². The average Bonchev–Trinajstić information content (AvgIpc) is 2.80. The van der Waals surface area contributed by atoms with E-state index < -0.39 is 29.6 Å². The van der Waals surface area contributed by atoms with E-state index >= 15 is 0 Å². The van der Waals surface area contributed by atoms with Crippen molar-refractivity contribution in [2.75, 3.05) is 12.4 Å². The Labute approximate surface area is 206 Å². The molecule has 0 saturated heterocycles. The molecule has 1 aliphatic rings. The fourth-order valence-electron chi connectivity index (χ4n) is 4.35. The number of methoxy groups -OCH3 is 1. The standard InChI is InChI=1S/C26H38N2O7/c1-15-8-5-10-17(3)25(32)28-20-14-21(29)23(31)19(22(20)30)13-7-12-18(34-4)11-6-9-16(2)24(15)35-26(27)33/h9-10,14-15,18,24,29-31H,5-8,11-13H2,1-4H3,(H2,27,33)(H,28,32)/b16-9+,17-10+/t15?,18?,24-/m1/s1. The normalized spacial score (nSPS) is 26.1. The number of amides is 2. The largest absolute Gasteiger partial charge is 0.505 e. The molecule has 0 saturated carbocycles. The third kappa shape index (κ3) is 7.92. The highest BCUT2D eigenvalue weighted by Crippen LogP contribution is 2.42. The number of aromatic hydroxyl groups is 3. The Balaban J connectivity index is 2.36. The number of primary amides is 1. The molecule has 9 nitrogen and oxygen atoms in total.